The highest BCUT2D eigenvalue weighted by Crippen LogP contribution is 2.33. The number of nitrogens with zero attached hydrogens (tertiary/aromatic N) is 1. The van der Waals surface area contributed by atoms with Crippen molar-refractivity contribution in [1.29, 1.82) is 0 Å². The Bertz CT molecular complexity index is 195. The predicted molar refractivity (Wildman–Crippen MR) is 73.4 cm³/mol. The largest absolute Gasteiger partial charge is 0.383 e. The molecule has 0 spiro atoms. The van der Waals surface area contributed by atoms with Crippen LogP contribution in [0, 0.1) is 5.92 Å². The summed E-state index contributed by atoms with van der Waals surface area (Å²) in [4.78, 5) is 2.58. The Labute approximate surface area is 107 Å². The zero-order chi connectivity index (χ0) is 12.7. The monoisotopic (exact) mass is 242 g/mol. The van der Waals surface area contributed by atoms with E-state index in [4.69, 9.17) is 4.74 Å². The van der Waals surface area contributed by atoms with Crippen LogP contribution in [-0.2, 0) is 4.74 Å². The van der Waals surface area contributed by atoms with Gasteiger partial charge in [0.1, 0.15) is 0 Å². The van der Waals surface area contributed by atoms with Crippen LogP contribution in [-0.4, -0.2) is 50.3 Å². The highest BCUT2D eigenvalue weighted by molar-refractivity contribution is 4.89. The summed E-state index contributed by atoms with van der Waals surface area (Å²) in [7, 11) is 1.79. The molecule has 0 radical (unpaired) electrons. The molecule has 3 nitrogen and oxygen atoms in total. The number of likely N-dealkylation sites (N-methyl/N-ethyl adjacent to an activating group) is 1. The lowest BCUT2D eigenvalue weighted by Crippen LogP contribution is -2.46. The molecule has 1 aliphatic rings. The lowest BCUT2D eigenvalue weighted by Gasteiger charge is -2.32. The summed E-state index contributed by atoms with van der Waals surface area (Å²) in [6.07, 6.45) is 4.04. The third-order valence-corrected chi connectivity index (χ3v) is 3.89. The molecule has 0 aromatic heterocycles. The van der Waals surface area contributed by atoms with Crippen molar-refractivity contribution in [2.45, 2.75) is 52.1 Å². The molecule has 0 aromatic carbocycles. The normalized spacial score (nSPS) is 19.6. The molecule has 1 rings (SSSR count). The highest BCUT2D eigenvalue weighted by Gasteiger charge is 2.32. The predicted octanol–water partition coefficient (Wildman–Crippen LogP) is 2.12. The summed E-state index contributed by atoms with van der Waals surface area (Å²) in [5.74, 6) is 0.920. The third kappa shape index (κ3) is 5.36. The van der Waals surface area contributed by atoms with Crippen LogP contribution < -0.4 is 5.32 Å². The average molecular weight is 242 g/mol. The third-order valence-electron chi connectivity index (χ3n) is 3.89. The molecule has 1 aliphatic carbocycles. The SMILES string of the molecule is CCNC(CN(CCOC)C(C)CC)C1CC1. The van der Waals surface area contributed by atoms with Crippen LogP contribution in [0.25, 0.3) is 0 Å². The molecule has 2 unspecified atom stereocenters. The second-order valence-electron chi connectivity index (χ2n) is 5.25. The first-order valence-corrected chi connectivity index (χ1v) is 7.19. The molecular formula is C14H30N2O. The van der Waals surface area contributed by atoms with Crippen molar-refractivity contribution >= 4 is 0 Å². The smallest absolute Gasteiger partial charge is 0.0589 e. The minimum absolute atomic E-state index is 0.657. The zero-order valence-electron chi connectivity index (χ0n) is 12.0. The van der Waals surface area contributed by atoms with Gasteiger partial charge in [-0.3, -0.25) is 4.90 Å². The van der Waals surface area contributed by atoms with Gasteiger partial charge < -0.3 is 10.1 Å². The Morgan fingerprint density at radius 1 is 1.35 bits per heavy atom. The maximum absolute atomic E-state index is 5.22. The Morgan fingerprint density at radius 2 is 2.06 bits per heavy atom. The van der Waals surface area contributed by atoms with Crippen LogP contribution in [0.3, 0.4) is 0 Å². The van der Waals surface area contributed by atoms with Gasteiger partial charge in [0, 0.05) is 32.3 Å². The summed E-state index contributed by atoms with van der Waals surface area (Å²) in [5.41, 5.74) is 0. The van der Waals surface area contributed by atoms with E-state index in [0.29, 0.717) is 12.1 Å². The molecule has 0 saturated heterocycles. The second-order valence-corrected chi connectivity index (χ2v) is 5.25. The van der Waals surface area contributed by atoms with Crippen molar-refractivity contribution in [2.24, 2.45) is 5.92 Å². The van der Waals surface area contributed by atoms with E-state index in [1.807, 2.05) is 0 Å². The summed E-state index contributed by atoms with van der Waals surface area (Å²) in [6.45, 7) is 11.0. The fourth-order valence-electron chi connectivity index (χ4n) is 2.35. The maximum Gasteiger partial charge on any atom is 0.0589 e. The first kappa shape index (κ1) is 14.9. The van der Waals surface area contributed by atoms with E-state index >= 15 is 0 Å². The Morgan fingerprint density at radius 3 is 2.53 bits per heavy atom. The quantitative estimate of drug-likeness (QED) is 0.635. The molecule has 0 aromatic rings. The highest BCUT2D eigenvalue weighted by atomic mass is 16.5. The molecule has 0 aliphatic heterocycles. The zero-order valence-corrected chi connectivity index (χ0v) is 12.0. The summed E-state index contributed by atoms with van der Waals surface area (Å²) in [6, 6.07) is 1.34. The van der Waals surface area contributed by atoms with Gasteiger partial charge in [-0.1, -0.05) is 13.8 Å². The Balaban J connectivity index is 2.43. The molecular weight excluding hydrogens is 212 g/mol. The number of ether oxygens (including phenoxy) is 1. The number of hydrogen-bond acceptors (Lipinski definition) is 3. The fourth-order valence-corrected chi connectivity index (χ4v) is 2.35. The van der Waals surface area contributed by atoms with Crippen LogP contribution in [0.4, 0.5) is 0 Å². The van der Waals surface area contributed by atoms with Gasteiger partial charge in [0.15, 0.2) is 0 Å². The van der Waals surface area contributed by atoms with Crippen LogP contribution >= 0.6 is 0 Å². The molecule has 3 heteroatoms. The van der Waals surface area contributed by atoms with Crippen LogP contribution in [0.2, 0.25) is 0 Å². The molecule has 0 amide bonds. The van der Waals surface area contributed by atoms with E-state index in [0.717, 1.165) is 25.6 Å². The molecule has 1 fully saturated rings. The van der Waals surface area contributed by atoms with Crippen molar-refractivity contribution in [1.82, 2.24) is 10.2 Å². The molecule has 17 heavy (non-hydrogen) atoms. The van der Waals surface area contributed by atoms with E-state index in [-0.39, 0.29) is 0 Å². The van der Waals surface area contributed by atoms with Gasteiger partial charge in [0.05, 0.1) is 6.61 Å². The van der Waals surface area contributed by atoms with E-state index in [2.05, 4.69) is 31.0 Å². The number of methoxy groups -OCH3 is 1. The number of hydrogen-bond donors (Lipinski definition) is 1. The summed E-state index contributed by atoms with van der Waals surface area (Å²) < 4.78 is 5.22. The van der Waals surface area contributed by atoms with Gasteiger partial charge >= 0.3 is 0 Å². The van der Waals surface area contributed by atoms with Crippen LogP contribution in [0.5, 0.6) is 0 Å². The summed E-state index contributed by atoms with van der Waals surface area (Å²) in [5, 5.41) is 3.65. The minimum Gasteiger partial charge on any atom is -0.383 e. The average Bonchev–Trinajstić information content (AvgIpc) is 3.16. The van der Waals surface area contributed by atoms with Gasteiger partial charge in [-0.05, 0) is 38.6 Å². The van der Waals surface area contributed by atoms with Crippen molar-refractivity contribution < 1.29 is 4.74 Å². The van der Waals surface area contributed by atoms with Gasteiger partial charge in [-0.25, -0.2) is 0 Å². The maximum atomic E-state index is 5.22. The van der Waals surface area contributed by atoms with E-state index in [9.17, 15) is 0 Å². The van der Waals surface area contributed by atoms with Crippen molar-refractivity contribution in [3.8, 4) is 0 Å². The van der Waals surface area contributed by atoms with Gasteiger partial charge in [-0.2, -0.15) is 0 Å². The Hall–Kier alpha value is -0.120. The Kier molecular flexibility index (Phi) is 7.09. The lowest BCUT2D eigenvalue weighted by molar-refractivity contribution is 0.112. The number of rotatable bonds is 10. The van der Waals surface area contributed by atoms with E-state index < -0.39 is 0 Å². The van der Waals surface area contributed by atoms with E-state index in [1.54, 1.807) is 7.11 Å². The minimum atomic E-state index is 0.657. The topological polar surface area (TPSA) is 24.5 Å². The standard InChI is InChI=1S/C14H30N2O/c1-5-12(3)16(9-10-17-4)11-14(15-6-2)13-7-8-13/h12-15H,5-11H2,1-4H3. The fraction of sp³-hybridized carbons (Fsp3) is 1.00. The van der Waals surface area contributed by atoms with E-state index in [1.165, 1.54) is 25.8 Å². The molecule has 0 heterocycles. The number of nitrogens with one attached hydrogen (secondary N) is 1. The van der Waals surface area contributed by atoms with Crippen molar-refractivity contribution in [2.75, 3.05) is 33.4 Å². The van der Waals surface area contributed by atoms with Gasteiger partial charge in [0.25, 0.3) is 0 Å². The van der Waals surface area contributed by atoms with Gasteiger partial charge in [0.2, 0.25) is 0 Å². The van der Waals surface area contributed by atoms with Crippen LogP contribution in [0.1, 0.15) is 40.0 Å². The molecule has 102 valence electrons. The lowest BCUT2D eigenvalue weighted by atomic mass is 10.1. The second kappa shape index (κ2) is 8.06. The molecule has 0 bridgehead atoms. The van der Waals surface area contributed by atoms with Crippen LogP contribution in [0.15, 0.2) is 0 Å². The molecule has 1 saturated carbocycles. The first-order valence-electron chi connectivity index (χ1n) is 7.19. The van der Waals surface area contributed by atoms with Crippen molar-refractivity contribution in [3.63, 3.8) is 0 Å². The molecule has 2 atom stereocenters. The molecule has 1 N–H and O–H groups in total. The van der Waals surface area contributed by atoms with Crippen molar-refractivity contribution in [3.05, 3.63) is 0 Å². The summed E-state index contributed by atoms with van der Waals surface area (Å²) >= 11 is 0. The first-order chi connectivity index (χ1) is 8.22. The van der Waals surface area contributed by atoms with Gasteiger partial charge in [-0.15, -0.1) is 0 Å².